The fourth-order valence-corrected chi connectivity index (χ4v) is 2.10. The molecule has 0 saturated carbocycles. The third-order valence-corrected chi connectivity index (χ3v) is 3.43. The zero-order valence-corrected chi connectivity index (χ0v) is 12.9. The van der Waals surface area contributed by atoms with Crippen molar-refractivity contribution < 1.29 is 14.3 Å². The molecule has 0 aliphatic carbocycles. The molecule has 0 bridgehead atoms. The van der Waals surface area contributed by atoms with E-state index in [0.717, 1.165) is 11.5 Å². The van der Waals surface area contributed by atoms with Crippen molar-refractivity contribution in [3.8, 4) is 5.75 Å². The quantitative estimate of drug-likeness (QED) is 0.823. The molecule has 2 N–H and O–H groups in total. The number of benzene rings is 1. The lowest BCUT2D eigenvalue weighted by Crippen LogP contribution is -2.32. The normalized spacial score (nSPS) is 13.9. The van der Waals surface area contributed by atoms with Crippen LogP contribution < -0.4 is 10.1 Å². The summed E-state index contributed by atoms with van der Waals surface area (Å²) in [5.41, 5.74) is 0. The summed E-state index contributed by atoms with van der Waals surface area (Å²) < 4.78 is 11.0. The van der Waals surface area contributed by atoms with Crippen LogP contribution in [-0.4, -0.2) is 24.4 Å². The van der Waals surface area contributed by atoms with Crippen molar-refractivity contribution in [3.05, 3.63) is 52.9 Å². The number of nitrogens with one attached hydrogen (secondary N) is 1. The minimum absolute atomic E-state index is 0.0358. The SMILES string of the molecule is Cc1ccc(C(C)NCC(O)COc2ccccc2Cl)o1. The van der Waals surface area contributed by atoms with Crippen LogP contribution >= 0.6 is 11.6 Å². The number of furan rings is 1. The van der Waals surface area contributed by atoms with E-state index in [0.29, 0.717) is 17.3 Å². The Morgan fingerprint density at radius 1 is 1.29 bits per heavy atom. The maximum Gasteiger partial charge on any atom is 0.138 e. The van der Waals surface area contributed by atoms with E-state index in [1.165, 1.54) is 0 Å². The van der Waals surface area contributed by atoms with Crippen LogP contribution in [0.4, 0.5) is 0 Å². The van der Waals surface area contributed by atoms with Crippen molar-refractivity contribution in [1.29, 1.82) is 0 Å². The van der Waals surface area contributed by atoms with Crippen LogP contribution in [0.3, 0.4) is 0 Å². The van der Waals surface area contributed by atoms with Gasteiger partial charge in [0, 0.05) is 6.54 Å². The summed E-state index contributed by atoms with van der Waals surface area (Å²) in [5, 5.41) is 13.7. The van der Waals surface area contributed by atoms with Crippen molar-refractivity contribution >= 4 is 11.6 Å². The first-order chi connectivity index (χ1) is 10.1. The van der Waals surface area contributed by atoms with E-state index in [4.69, 9.17) is 20.8 Å². The molecule has 2 atom stereocenters. The van der Waals surface area contributed by atoms with Gasteiger partial charge in [-0.25, -0.2) is 0 Å². The molecule has 1 heterocycles. The molecule has 0 spiro atoms. The summed E-state index contributed by atoms with van der Waals surface area (Å²) in [7, 11) is 0. The van der Waals surface area contributed by atoms with Crippen LogP contribution in [-0.2, 0) is 0 Å². The number of halogens is 1. The molecule has 1 aromatic heterocycles. The van der Waals surface area contributed by atoms with Crippen LogP contribution in [0.25, 0.3) is 0 Å². The first kappa shape index (κ1) is 15.9. The van der Waals surface area contributed by atoms with Crippen LogP contribution in [0, 0.1) is 6.92 Å². The molecule has 114 valence electrons. The molecule has 4 nitrogen and oxygen atoms in total. The Morgan fingerprint density at radius 3 is 2.71 bits per heavy atom. The standard InChI is InChI=1S/C16H20ClNO3/c1-11-7-8-15(21-11)12(2)18-9-13(19)10-20-16-6-4-3-5-14(16)17/h3-8,12-13,18-19H,9-10H2,1-2H3. The fourth-order valence-electron chi connectivity index (χ4n) is 1.91. The highest BCUT2D eigenvalue weighted by Gasteiger charge is 2.12. The average molecular weight is 310 g/mol. The Bertz CT molecular complexity index is 570. The Kier molecular flexibility index (Phi) is 5.67. The Hall–Kier alpha value is -1.49. The van der Waals surface area contributed by atoms with Gasteiger partial charge in [0.15, 0.2) is 0 Å². The summed E-state index contributed by atoms with van der Waals surface area (Å²) >= 11 is 5.98. The lowest BCUT2D eigenvalue weighted by atomic mass is 10.2. The lowest BCUT2D eigenvalue weighted by molar-refractivity contribution is 0.103. The van der Waals surface area contributed by atoms with Gasteiger partial charge in [-0.05, 0) is 38.1 Å². The molecule has 0 aliphatic heterocycles. The van der Waals surface area contributed by atoms with Crippen LogP contribution in [0.5, 0.6) is 5.75 Å². The van der Waals surface area contributed by atoms with Gasteiger partial charge in [-0.15, -0.1) is 0 Å². The third-order valence-electron chi connectivity index (χ3n) is 3.12. The molecule has 21 heavy (non-hydrogen) atoms. The van der Waals surface area contributed by atoms with Gasteiger partial charge < -0.3 is 19.6 Å². The molecule has 0 radical (unpaired) electrons. The van der Waals surface area contributed by atoms with Crippen molar-refractivity contribution in [1.82, 2.24) is 5.32 Å². The van der Waals surface area contributed by atoms with E-state index < -0.39 is 6.10 Å². The zero-order chi connectivity index (χ0) is 15.2. The minimum atomic E-state index is -0.625. The van der Waals surface area contributed by atoms with Gasteiger partial charge in [-0.1, -0.05) is 23.7 Å². The summed E-state index contributed by atoms with van der Waals surface area (Å²) in [4.78, 5) is 0. The average Bonchev–Trinajstić information content (AvgIpc) is 2.90. The Morgan fingerprint density at radius 2 is 2.05 bits per heavy atom. The maximum atomic E-state index is 9.94. The van der Waals surface area contributed by atoms with Gasteiger partial charge in [0.05, 0.1) is 11.1 Å². The largest absolute Gasteiger partial charge is 0.489 e. The molecule has 2 unspecified atom stereocenters. The number of aryl methyl sites for hydroxylation is 1. The molecule has 2 aromatic rings. The molecule has 1 aromatic carbocycles. The highest BCUT2D eigenvalue weighted by molar-refractivity contribution is 6.32. The molecular formula is C16H20ClNO3. The highest BCUT2D eigenvalue weighted by Crippen LogP contribution is 2.23. The second-order valence-corrected chi connectivity index (χ2v) is 5.38. The Labute approximate surface area is 129 Å². The van der Waals surface area contributed by atoms with E-state index in [1.807, 2.05) is 38.1 Å². The molecule has 2 rings (SSSR count). The number of ether oxygens (including phenoxy) is 1. The topological polar surface area (TPSA) is 54.6 Å². The molecule has 0 amide bonds. The second kappa shape index (κ2) is 7.50. The zero-order valence-electron chi connectivity index (χ0n) is 12.2. The predicted molar refractivity (Wildman–Crippen MR) is 82.8 cm³/mol. The van der Waals surface area contributed by atoms with Crippen LogP contribution in [0.1, 0.15) is 24.5 Å². The van der Waals surface area contributed by atoms with Gasteiger partial charge in [-0.3, -0.25) is 0 Å². The summed E-state index contributed by atoms with van der Waals surface area (Å²) in [6.45, 7) is 4.48. The van der Waals surface area contributed by atoms with E-state index in [1.54, 1.807) is 12.1 Å². The van der Waals surface area contributed by atoms with Crippen molar-refractivity contribution in [2.24, 2.45) is 0 Å². The molecule has 5 heteroatoms. The predicted octanol–water partition coefficient (Wildman–Crippen LogP) is 3.33. The van der Waals surface area contributed by atoms with Gasteiger partial charge >= 0.3 is 0 Å². The maximum absolute atomic E-state index is 9.94. The van der Waals surface area contributed by atoms with Crippen LogP contribution in [0.2, 0.25) is 5.02 Å². The van der Waals surface area contributed by atoms with E-state index in [2.05, 4.69) is 5.32 Å². The fraction of sp³-hybridized carbons (Fsp3) is 0.375. The van der Waals surface area contributed by atoms with Crippen molar-refractivity contribution in [3.63, 3.8) is 0 Å². The molecule has 0 aliphatic rings. The number of rotatable bonds is 7. The third kappa shape index (κ3) is 4.77. The molecule has 0 saturated heterocycles. The van der Waals surface area contributed by atoms with Gasteiger partial charge in [0.1, 0.15) is 30.0 Å². The van der Waals surface area contributed by atoms with E-state index >= 15 is 0 Å². The van der Waals surface area contributed by atoms with Gasteiger partial charge in [-0.2, -0.15) is 0 Å². The lowest BCUT2D eigenvalue weighted by Gasteiger charge is -2.16. The number of para-hydroxylation sites is 1. The van der Waals surface area contributed by atoms with Crippen molar-refractivity contribution in [2.45, 2.75) is 26.0 Å². The number of hydrogen-bond donors (Lipinski definition) is 2. The Balaban J connectivity index is 1.75. The van der Waals surface area contributed by atoms with Gasteiger partial charge in [0.2, 0.25) is 0 Å². The van der Waals surface area contributed by atoms with E-state index in [-0.39, 0.29) is 12.6 Å². The first-order valence-corrected chi connectivity index (χ1v) is 7.29. The summed E-state index contributed by atoms with van der Waals surface area (Å²) in [6.07, 6.45) is -0.625. The molecule has 0 fully saturated rings. The summed E-state index contributed by atoms with van der Waals surface area (Å²) in [6, 6.07) is 11.1. The number of aliphatic hydroxyl groups is 1. The second-order valence-electron chi connectivity index (χ2n) is 4.97. The van der Waals surface area contributed by atoms with Crippen molar-refractivity contribution in [2.75, 3.05) is 13.2 Å². The first-order valence-electron chi connectivity index (χ1n) is 6.91. The minimum Gasteiger partial charge on any atom is -0.489 e. The smallest absolute Gasteiger partial charge is 0.138 e. The van der Waals surface area contributed by atoms with E-state index in [9.17, 15) is 5.11 Å². The van der Waals surface area contributed by atoms with Gasteiger partial charge in [0.25, 0.3) is 0 Å². The highest BCUT2D eigenvalue weighted by atomic mass is 35.5. The van der Waals surface area contributed by atoms with Crippen LogP contribution in [0.15, 0.2) is 40.8 Å². The monoisotopic (exact) mass is 309 g/mol. The summed E-state index contributed by atoms with van der Waals surface area (Å²) in [5.74, 6) is 2.31. The number of aliphatic hydroxyl groups excluding tert-OH is 1. The molecular weight excluding hydrogens is 290 g/mol. The number of hydrogen-bond acceptors (Lipinski definition) is 4.